The zero-order chi connectivity index (χ0) is 13.0. The van der Waals surface area contributed by atoms with E-state index in [1.165, 1.54) is 0 Å². The van der Waals surface area contributed by atoms with Crippen molar-refractivity contribution in [2.75, 3.05) is 6.61 Å². The van der Waals surface area contributed by atoms with Crippen molar-refractivity contribution < 1.29 is 5.11 Å². The average Bonchev–Trinajstić information content (AvgIpc) is 2.96. The lowest BCUT2D eigenvalue weighted by Gasteiger charge is -2.08. The van der Waals surface area contributed by atoms with Gasteiger partial charge in [-0.15, -0.1) is 16.4 Å². The number of nitrogens with zero attached hydrogens (tertiary/aromatic N) is 4. The highest BCUT2D eigenvalue weighted by Gasteiger charge is 2.09. The summed E-state index contributed by atoms with van der Waals surface area (Å²) in [5, 5.41) is 23.2. The summed E-state index contributed by atoms with van der Waals surface area (Å²) in [5.41, 5.74) is 1.92. The van der Waals surface area contributed by atoms with Crippen LogP contribution in [0.5, 0.6) is 0 Å². The molecule has 1 unspecified atom stereocenters. The number of hydrogen-bond acceptors (Lipinski definition) is 6. The predicted octanol–water partition coefficient (Wildman–Crippen LogP) is 0.886. The van der Waals surface area contributed by atoms with Gasteiger partial charge >= 0.3 is 0 Å². The maximum absolute atomic E-state index is 8.79. The zero-order valence-electron chi connectivity index (χ0n) is 10.5. The number of thiazole rings is 1. The van der Waals surface area contributed by atoms with Crippen LogP contribution in [0, 0.1) is 6.92 Å². The van der Waals surface area contributed by atoms with Crippen molar-refractivity contribution in [2.45, 2.75) is 33.0 Å². The van der Waals surface area contributed by atoms with E-state index in [0.29, 0.717) is 13.1 Å². The van der Waals surface area contributed by atoms with Crippen LogP contribution < -0.4 is 5.32 Å². The van der Waals surface area contributed by atoms with E-state index in [1.54, 1.807) is 16.0 Å². The second-order valence-electron chi connectivity index (χ2n) is 4.13. The van der Waals surface area contributed by atoms with Gasteiger partial charge < -0.3 is 10.4 Å². The van der Waals surface area contributed by atoms with Gasteiger partial charge in [0.1, 0.15) is 5.01 Å². The van der Waals surface area contributed by atoms with Gasteiger partial charge in [0.15, 0.2) is 0 Å². The predicted molar refractivity (Wildman–Crippen MR) is 69.2 cm³/mol. The average molecular weight is 267 g/mol. The van der Waals surface area contributed by atoms with Crippen LogP contribution in [0.2, 0.25) is 0 Å². The van der Waals surface area contributed by atoms with Crippen molar-refractivity contribution in [1.82, 2.24) is 25.3 Å². The lowest BCUT2D eigenvalue weighted by Crippen LogP contribution is -2.18. The van der Waals surface area contributed by atoms with Crippen molar-refractivity contribution >= 4 is 11.3 Å². The van der Waals surface area contributed by atoms with Crippen molar-refractivity contribution in [3.05, 3.63) is 28.0 Å². The van der Waals surface area contributed by atoms with Crippen molar-refractivity contribution in [1.29, 1.82) is 0 Å². The fourth-order valence-electron chi connectivity index (χ4n) is 1.55. The second kappa shape index (κ2) is 6.03. The molecule has 2 rings (SSSR count). The lowest BCUT2D eigenvalue weighted by atomic mass is 10.3. The van der Waals surface area contributed by atoms with Gasteiger partial charge in [-0.2, -0.15) is 0 Å². The maximum atomic E-state index is 8.79. The molecule has 0 saturated carbocycles. The normalized spacial score (nSPS) is 12.8. The molecule has 0 saturated heterocycles. The summed E-state index contributed by atoms with van der Waals surface area (Å²) < 4.78 is 1.63. The Bertz CT molecular complexity index is 495. The SMILES string of the molecule is Cc1csc(C(C)NCc2cn(CCO)nn2)n1. The minimum absolute atomic E-state index is 0.0744. The van der Waals surface area contributed by atoms with E-state index in [9.17, 15) is 0 Å². The summed E-state index contributed by atoms with van der Waals surface area (Å²) in [6.45, 7) is 5.27. The van der Waals surface area contributed by atoms with Crippen molar-refractivity contribution in [3.63, 3.8) is 0 Å². The van der Waals surface area contributed by atoms with Gasteiger partial charge in [-0.1, -0.05) is 5.21 Å². The Kier molecular flexibility index (Phi) is 4.40. The van der Waals surface area contributed by atoms with Crippen LogP contribution in [0.4, 0.5) is 0 Å². The van der Waals surface area contributed by atoms with E-state index in [0.717, 1.165) is 16.4 Å². The number of aliphatic hydroxyl groups excluding tert-OH is 1. The number of aliphatic hydroxyl groups is 1. The fourth-order valence-corrected chi connectivity index (χ4v) is 2.38. The van der Waals surface area contributed by atoms with Gasteiger partial charge in [0, 0.05) is 23.8 Å². The van der Waals surface area contributed by atoms with Crippen LogP contribution >= 0.6 is 11.3 Å². The first-order valence-corrected chi connectivity index (χ1v) is 6.72. The fraction of sp³-hybridized carbons (Fsp3) is 0.545. The third kappa shape index (κ3) is 3.34. The molecular formula is C11H17N5OS. The van der Waals surface area contributed by atoms with Gasteiger partial charge in [0.05, 0.1) is 24.9 Å². The monoisotopic (exact) mass is 267 g/mol. The first-order valence-electron chi connectivity index (χ1n) is 5.84. The van der Waals surface area contributed by atoms with Crippen LogP contribution in [-0.2, 0) is 13.1 Å². The van der Waals surface area contributed by atoms with Crippen LogP contribution in [0.15, 0.2) is 11.6 Å². The maximum Gasteiger partial charge on any atom is 0.110 e. The zero-order valence-corrected chi connectivity index (χ0v) is 11.3. The molecule has 6 nitrogen and oxygen atoms in total. The largest absolute Gasteiger partial charge is 0.394 e. The topological polar surface area (TPSA) is 75.9 Å². The lowest BCUT2D eigenvalue weighted by molar-refractivity contribution is 0.268. The van der Waals surface area contributed by atoms with Crippen molar-refractivity contribution in [2.24, 2.45) is 0 Å². The molecule has 0 aliphatic carbocycles. The molecule has 7 heteroatoms. The minimum atomic E-state index is 0.0744. The summed E-state index contributed by atoms with van der Waals surface area (Å²) in [7, 11) is 0. The van der Waals surface area contributed by atoms with Crippen LogP contribution in [-0.4, -0.2) is 31.7 Å². The molecule has 0 radical (unpaired) electrons. The highest BCUT2D eigenvalue weighted by atomic mass is 32.1. The van der Waals surface area contributed by atoms with Gasteiger partial charge in [-0.05, 0) is 13.8 Å². The van der Waals surface area contributed by atoms with E-state index < -0.39 is 0 Å². The molecule has 0 aliphatic rings. The van der Waals surface area contributed by atoms with Crippen LogP contribution in [0.1, 0.15) is 29.4 Å². The number of aryl methyl sites for hydroxylation is 1. The molecule has 2 aromatic rings. The Morgan fingerprint density at radius 1 is 1.56 bits per heavy atom. The van der Waals surface area contributed by atoms with E-state index in [2.05, 4.69) is 27.5 Å². The Balaban J connectivity index is 1.86. The van der Waals surface area contributed by atoms with E-state index in [4.69, 9.17) is 5.11 Å². The molecular weight excluding hydrogens is 250 g/mol. The van der Waals surface area contributed by atoms with Gasteiger partial charge in [0.25, 0.3) is 0 Å². The Morgan fingerprint density at radius 3 is 3.06 bits per heavy atom. The van der Waals surface area contributed by atoms with Gasteiger partial charge in [-0.3, -0.25) is 0 Å². The highest BCUT2D eigenvalue weighted by Crippen LogP contribution is 2.17. The van der Waals surface area contributed by atoms with E-state index >= 15 is 0 Å². The summed E-state index contributed by atoms with van der Waals surface area (Å²) >= 11 is 1.66. The molecule has 0 bridgehead atoms. The Hall–Kier alpha value is -1.31. The molecule has 0 aromatic carbocycles. The molecule has 98 valence electrons. The number of aromatic nitrogens is 4. The quantitative estimate of drug-likeness (QED) is 0.813. The van der Waals surface area contributed by atoms with Crippen molar-refractivity contribution in [3.8, 4) is 0 Å². The molecule has 1 atom stereocenters. The third-order valence-electron chi connectivity index (χ3n) is 2.51. The standard InChI is InChI=1S/C11H17N5OS/c1-8-7-18-11(13-8)9(2)12-5-10-6-16(3-4-17)15-14-10/h6-7,9,12,17H,3-5H2,1-2H3. The number of rotatable bonds is 6. The molecule has 2 heterocycles. The summed E-state index contributed by atoms with van der Waals surface area (Å²) in [6, 6.07) is 0.201. The first-order chi connectivity index (χ1) is 8.69. The molecule has 18 heavy (non-hydrogen) atoms. The molecule has 0 fully saturated rings. The van der Waals surface area contributed by atoms with Crippen LogP contribution in [0.25, 0.3) is 0 Å². The molecule has 0 aliphatic heterocycles. The second-order valence-corrected chi connectivity index (χ2v) is 5.02. The molecule has 0 spiro atoms. The molecule has 2 N–H and O–H groups in total. The minimum Gasteiger partial charge on any atom is -0.394 e. The highest BCUT2D eigenvalue weighted by molar-refractivity contribution is 7.09. The first kappa shape index (κ1) is 13.1. The Morgan fingerprint density at radius 2 is 2.39 bits per heavy atom. The summed E-state index contributed by atoms with van der Waals surface area (Å²) in [5.74, 6) is 0. The molecule has 0 amide bonds. The summed E-state index contributed by atoms with van der Waals surface area (Å²) in [4.78, 5) is 4.44. The summed E-state index contributed by atoms with van der Waals surface area (Å²) in [6.07, 6.45) is 1.84. The number of hydrogen-bond donors (Lipinski definition) is 2. The third-order valence-corrected chi connectivity index (χ3v) is 3.66. The van der Waals surface area contributed by atoms with Gasteiger partial charge in [-0.25, -0.2) is 9.67 Å². The smallest absolute Gasteiger partial charge is 0.110 e. The van der Waals surface area contributed by atoms with E-state index in [1.807, 2.05) is 18.5 Å². The number of nitrogens with one attached hydrogen (secondary N) is 1. The van der Waals surface area contributed by atoms with Gasteiger partial charge in [0.2, 0.25) is 0 Å². The Labute approximate surface area is 110 Å². The van der Waals surface area contributed by atoms with Crippen LogP contribution in [0.3, 0.4) is 0 Å². The van der Waals surface area contributed by atoms with E-state index in [-0.39, 0.29) is 12.6 Å². The molecule has 2 aromatic heterocycles.